The number of carbonyl (C=O) groups excluding carboxylic acids is 1. The monoisotopic (exact) mass is 288 g/mol. The lowest BCUT2D eigenvalue weighted by molar-refractivity contribution is -0.122. The largest absolute Gasteiger partial charge is 0.476 e. The average Bonchev–Trinajstić information content (AvgIpc) is 2.89. The van der Waals surface area contributed by atoms with Crippen LogP contribution in [0, 0.1) is 0 Å². The summed E-state index contributed by atoms with van der Waals surface area (Å²) in [5, 5.41) is 19.1. The molecular formula is C14H16N4O3. The number of hydrogen-bond acceptors (Lipinski definition) is 4. The number of aromatic carboxylic acids is 1. The molecule has 1 amide bonds. The Morgan fingerprint density at radius 1 is 1.29 bits per heavy atom. The third kappa shape index (κ3) is 3.65. The molecule has 0 spiro atoms. The first-order valence-corrected chi connectivity index (χ1v) is 6.58. The van der Waals surface area contributed by atoms with Gasteiger partial charge in [-0.2, -0.15) is 0 Å². The molecule has 0 unspecified atom stereocenters. The second kappa shape index (κ2) is 6.65. The van der Waals surface area contributed by atoms with E-state index in [0.29, 0.717) is 18.7 Å². The molecule has 1 aromatic heterocycles. The molecule has 2 rings (SSSR count). The van der Waals surface area contributed by atoms with E-state index in [1.165, 1.54) is 4.68 Å². The van der Waals surface area contributed by atoms with Crippen molar-refractivity contribution in [1.82, 2.24) is 20.3 Å². The van der Waals surface area contributed by atoms with Crippen LogP contribution in [0.4, 0.5) is 0 Å². The molecule has 7 heteroatoms. The smallest absolute Gasteiger partial charge is 0.358 e. The molecule has 0 saturated heterocycles. The maximum atomic E-state index is 11.9. The Bertz CT molecular complexity index is 637. The van der Waals surface area contributed by atoms with Gasteiger partial charge in [0, 0.05) is 6.54 Å². The van der Waals surface area contributed by atoms with Crippen LogP contribution in [-0.4, -0.2) is 32.0 Å². The molecule has 0 atom stereocenters. The second-order valence-electron chi connectivity index (χ2n) is 4.46. The molecule has 0 saturated carbocycles. The van der Waals surface area contributed by atoms with Crippen LogP contribution >= 0.6 is 0 Å². The van der Waals surface area contributed by atoms with E-state index < -0.39 is 5.97 Å². The van der Waals surface area contributed by atoms with Gasteiger partial charge < -0.3 is 10.4 Å². The zero-order valence-corrected chi connectivity index (χ0v) is 11.6. The summed E-state index contributed by atoms with van der Waals surface area (Å²) in [6, 6.07) is 9.52. The Morgan fingerprint density at radius 2 is 2.00 bits per heavy atom. The molecule has 21 heavy (non-hydrogen) atoms. The molecule has 1 heterocycles. The van der Waals surface area contributed by atoms with Crippen LogP contribution in [0.1, 0.15) is 28.7 Å². The Labute approximate surface area is 121 Å². The summed E-state index contributed by atoms with van der Waals surface area (Å²) in [7, 11) is 0. The lowest BCUT2D eigenvalue weighted by Gasteiger charge is -2.07. The first-order valence-electron chi connectivity index (χ1n) is 6.58. The van der Waals surface area contributed by atoms with Crippen molar-refractivity contribution in [2.24, 2.45) is 0 Å². The second-order valence-corrected chi connectivity index (χ2v) is 4.46. The summed E-state index contributed by atoms with van der Waals surface area (Å²) in [6.45, 7) is 2.17. The minimum Gasteiger partial charge on any atom is -0.476 e. The molecule has 7 nitrogen and oxygen atoms in total. The normalized spacial score (nSPS) is 10.3. The Balaban J connectivity index is 1.98. The predicted octanol–water partition coefficient (Wildman–Crippen LogP) is 0.855. The highest BCUT2D eigenvalue weighted by Crippen LogP contribution is 2.06. The number of amides is 1. The number of carboxylic acid groups (broad SMARTS) is 1. The summed E-state index contributed by atoms with van der Waals surface area (Å²) in [5.41, 5.74) is 1.33. The number of aromatic nitrogens is 3. The van der Waals surface area contributed by atoms with Gasteiger partial charge in [-0.05, 0) is 12.0 Å². The topological polar surface area (TPSA) is 97.1 Å². The highest BCUT2D eigenvalue weighted by molar-refractivity contribution is 5.86. The standard InChI is InChI=1S/C14H16N4O3/c1-2-11-13(14(20)21)16-17-18(11)9-12(19)15-8-10-6-4-3-5-7-10/h3-7H,2,8-9H2,1H3,(H,15,19)(H,20,21). The van der Waals surface area contributed by atoms with Crippen molar-refractivity contribution in [1.29, 1.82) is 0 Å². The molecule has 1 aromatic carbocycles. The lowest BCUT2D eigenvalue weighted by atomic mass is 10.2. The molecule has 0 aliphatic rings. The number of carbonyl (C=O) groups is 2. The quantitative estimate of drug-likeness (QED) is 0.821. The average molecular weight is 288 g/mol. The minimum absolute atomic E-state index is 0.0454. The van der Waals surface area contributed by atoms with Crippen molar-refractivity contribution in [3.8, 4) is 0 Å². The summed E-state index contributed by atoms with van der Waals surface area (Å²) in [6.07, 6.45) is 0.445. The van der Waals surface area contributed by atoms with Crippen LogP contribution in [0.25, 0.3) is 0 Å². The summed E-state index contributed by atoms with van der Waals surface area (Å²) in [4.78, 5) is 22.9. The van der Waals surface area contributed by atoms with Crippen LogP contribution < -0.4 is 5.32 Å². The number of nitrogens with one attached hydrogen (secondary N) is 1. The van der Waals surface area contributed by atoms with Gasteiger partial charge in [-0.1, -0.05) is 42.5 Å². The van der Waals surface area contributed by atoms with Gasteiger partial charge in [0.2, 0.25) is 5.91 Å². The fraction of sp³-hybridized carbons (Fsp3) is 0.286. The van der Waals surface area contributed by atoms with Crippen LogP contribution in [0.3, 0.4) is 0 Å². The number of carboxylic acids is 1. The summed E-state index contributed by atoms with van der Waals surface area (Å²) >= 11 is 0. The molecule has 0 aliphatic heterocycles. The number of benzene rings is 1. The lowest BCUT2D eigenvalue weighted by Crippen LogP contribution is -2.28. The van der Waals surface area contributed by atoms with Gasteiger partial charge in [0.1, 0.15) is 6.54 Å². The third-order valence-corrected chi connectivity index (χ3v) is 3.00. The van der Waals surface area contributed by atoms with E-state index in [2.05, 4.69) is 15.6 Å². The van der Waals surface area contributed by atoms with Crippen LogP contribution in [0.5, 0.6) is 0 Å². The van der Waals surface area contributed by atoms with Crippen LogP contribution in [0.15, 0.2) is 30.3 Å². The van der Waals surface area contributed by atoms with Gasteiger partial charge in [0.15, 0.2) is 5.69 Å². The molecule has 0 radical (unpaired) electrons. The highest BCUT2D eigenvalue weighted by Gasteiger charge is 2.18. The molecule has 110 valence electrons. The fourth-order valence-corrected chi connectivity index (χ4v) is 1.96. The first-order chi connectivity index (χ1) is 10.1. The van der Waals surface area contributed by atoms with Gasteiger partial charge >= 0.3 is 5.97 Å². The molecular weight excluding hydrogens is 272 g/mol. The number of nitrogens with zero attached hydrogens (tertiary/aromatic N) is 3. The number of rotatable bonds is 6. The Hall–Kier alpha value is -2.70. The van der Waals surface area contributed by atoms with Crippen molar-refractivity contribution in [2.75, 3.05) is 0 Å². The van der Waals surface area contributed by atoms with Crippen molar-refractivity contribution in [3.63, 3.8) is 0 Å². The third-order valence-electron chi connectivity index (χ3n) is 3.00. The van der Waals surface area contributed by atoms with Crippen molar-refractivity contribution in [2.45, 2.75) is 26.4 Å². The van der Waals surface area contributed by atoms with Crippen molar-refractivity contribution < 1.29 is 14.7 Å². The SMILES string of the molecule is CCc1c(C(=O)O)nnn1CC(=O)NCc1ccccc1. The van der Waals surface area contributed by atoms with Gasteiger partial charge in [0.25, 0.3) is 0 Å². The van der Waals surface area contributed by atoms with E-state index in [4.69, 9.17) is 5.11 Å². The van der Waals surface area contributed by atoms with Crippen LogP contribution in [-0.2, 0) is 24.3 Å². The van der Waals surface area contributed by atoms with Crippen LogP contribution in [0.2, 0.25) is 0 Å². The van der Waals surface area contributed by atoms with Gasteiger partial charge in [-0.3, -0.25) is 4.79 Å². The van der Waals surface area contributed by atoms with E-state index in [0.717, 1.165) is 5.56 Å². The molecule has 2 N–H and O–H groups in total. The minimum atomic E-state index is -1.14. The zero-order valence-electron chi connectivity index (χ0n) is 11.6. The van der Waals surface area contributed by atoms with E-state index in [1.807, 2.05) is 30.3 Å². The van der Waals surface area contributed by atoms with E-state index in [1.54, 1.807) is 6.92 Å². The summed E-state index contributed by atoms with van der Waals surface area (Å²) < 4.78 is 1.32. The van der Waals surface area contributed by atoms with E-state index in [-0.39, 0.29) is 18.1 Å². The maximum absolute atomic E-state index is 11.9. The molecule has 0 aliphatic carbocycles. The van der Waals surface area contributed by atoms with Gasteiger partial charge in [-0.25, -0.2) is 9.48 Å². The van der Waals surface area contributed by atoms with E-state index >= 15 is 0 Å². The Morgan fingerprint density at radius 3 is 2.62 bits per heavy atom. The van der Waals surface area contributed by atoms with Crippen molar-refractivity contribution in [3.05, 3.63) is 47.3 Å². The fourth-order valence-electron chi connectivity index (χ4n) is 1.96. The Kier molecular flexibility index (Phi) is 4.65. The number of hydrogen-bond donors (Lipinski definition) is 2. The molecule has 0 fully saturated rings. The molecule has 0 bridgehead atoms. The zero-order chi connectivity index (χ0) is 15.2. The highest BCUT2D eigenvalue weighted by atomic mass is 16.4. The molecule has 2 aromatic rings. The maximum Gasteiger partial charge on any atom is 0.358 e. The van der Waals surface area contributed by atoms with Crippen molar-refractivity contribution >= 4 is 11.9 Å². The predicted molar refractivity (Wildman–Crippen MR) is 74.6 cm³/mol. The first kappa shape index (κ1) is 14.7. The van der Waals surface area contributed by atoms with E-state index in [9.17, 15) is 9.59 Å². The summed E-state index contributed by atoms with van der Waals surface area (Å²) in [5.74, 6) is -1.38. The van der Waals surface area contributed by atoms with Gasteiger partial charge in [-0.15, -0.1) is 5.10 Å². The van der Waals surface area contributed by atoms with Gasteiger partial charge in [0.05, 0.1) is 5.69 Å².